The van der Waals surface area contributed by atoms with Gasteiger partial charge in [0.15, 0.2) is 11.7 Å². The number of nitrogens with one attached hydrogen (secondary N) is 1. The lowest BCUT2D eigenvalue weighted by molar-refractivity contribution is -0.121. The fourth-order valence-electron chi connectivity index (χ4n) is 2.62. The van der Waals surface area contributed by atoms with Crippen LogP contribution in [0.1, 0.15) is 23.7 Å². The molecule has 0 aliphatic heterocycles. The van der Waals surface area contributed by atoms with Gasteiger partial charge in [-0.05, 0) is 31.2 Å². The Balaban J connectivity index is 1.56. The molecule has 0 spiro atoms. The molecule has 2 aromatic heterocycles. The molecule has 3 aromatic rings. The Morgan fingerprint density at radius 3 is 2.62 bits per heavy atom. The van der Waals surface area contributed by atoms with E-state index in [4.69, 9.17) is 4.42 Å². The Hall–Kier alpha value is -2.96. The number of aryl methyl sites for hydroxylation is 2. The van der Waals surface area contributed by atoms with E-state index >= 15 is 0 Å². The van der Waals surface area contributed by atoms with E-state index in [2.05, 4.69) is 10.3 Å². The number of carbonyl (C=O) groups excluding carboxylic acids is 1. The number of oxazole rings is 1. The fourth-order valence-corrected chi connectivity index (χ4v) is 2.62. The van der Waals surface area contributed by atoms with Gasteiger partial charge in [0, 0.05) is 31.3 Å². The van der Waals surface area contributed by atoms with Crippen molar-refractivity contribution in [1.29, 1.82) is 0 Å². The first-order valence-corrected chi connectivity index (χ1v) is 8.22. The summed E-state index contributed by atoms with van der Waals surface area (Å²) in [6.07, 6.45) is 1.68. The summed E-state index contributed by atoms with van der Waals surface area (Å²) >= 11 is 0. The lowest BCUT2D eigenvalue weighted by atomic mass is 10.1. The number of nitrogens with zero attached hydrogens (tertiary/aromatic N) is 2. The Kier molecular flexibility index (Phi) is 5.16. The number of aromatic nitrogens is 2. The third-order valence-corrected chi connectivity index (χ3v) is 4.27. The molecular weight excluding hydrogens is 340 g/mol. The maximum Gasteiger partial charge on any atom is 0.220 e. The molecule has 0 fully saturated rings. The van der Waals surface area contributed by atoms with Crippen LogP contribution in [0.25, 0.3) is 11.3 Å². The molecule has 26 heavy (non-hydrogen) atoms. The van der Waals surface area contributed by atoms with Crippen molar-refractivity contribution in [2.24, 2.45) is 7.05 Å². The first kappa shape index (κ1) is 17.8. The molecule has 2 heterocycles. The van der Waals surface area contributed by atoms with Crippen molar-refractivity contribution < 1.29 is 18.0 Å². The van der Waals surface area contributed by atoms with Crippen molar-refractivity contribution in [2.75, 3.05) is 0 Å². The normalized spacial score (nSPS) is 10.9. The molecule has 136 valence electrons. The van der Waals surface area contributed by atoms with E-state index in [0.717, 1.165) is 23.5 Å². The van der Waals surface area contributed by atoms with Crippen LogP contribution in [0.15, 0.2) is 40.9 Å². The first-order valence-electron chi connectivity index (χ1n) is 8.22. The predicted octanol–water partition coefficient (Wildman–Crippen LogP) is 3.52. The summed E-state index contributed by atoms with van der Waals surface area (Å²) in [7, 11) is 1.94. The van der Waals surface area contributed by atoms with Crippen molar-refractivity contribution in [3.8, 4) is 11.3 Å². The minimum absolute atomic E-state index is 0.00953. The molecule has 0 unspecified atom stereocenters. The van der Waals surface area contributed by atoms with Crippen LogP contribution in [0, 0.1) is 18.6 Å². The highest BCUT2D eigenvalue weighted by molar-refractivity contribution is 5.76. The van der Waals surface area contributed by atoms with Gasteiger partial charge in [-0.1, -0.05) is 6.07 Å². The van der Waals surface area contributed by atoms with Gasteiger partial charge in [-0.25, -0.2) is 13.8 Å². The summed E-state index contributed by atoms with van der Waals surface area (Å²) < 4.78 is 34.9. The van der Waals surface area contributed by atoms with Gasteiger partial charge in [0.1, 0.15) is 11.6 Å². The molecule has 0 aliphatic rings. The van der Waals surface area contributed by atoms with Crippen LogP contribution >= 0.6 is 0 Å². The average molecular weight is 359 g/mol. The highest BCUT2D eigenvalue weighted by Crippen LogP contribution is 2.26. The Bertz CT molecular complexity index is 911. The molecule has 0 aliphatic carbocycles. The van der Waals surface area contributed by atoms with Crippen LogP contribution in [0.4, 0.5) is 8.78 Å². The van der Waals surface area contributed by atoms with Crippen LogP contribution < -0.4 is 5.32 Å². The van der Waals surface area contributed by atoms with E-state index in [-0.39, 0.29) is 36.0 Å². The van der Waals surface area contributed by atoms with Crippen molar-refractivity contribution in [3.05, 3.63) is 65.4 Å². The van der Waals surface area contributed by atoms with Gasteiger partial charge < -0.3 is 14.3 Å². The first-order chi connectivity index (χ1) is 12.5. The molecule has 7 heteroatoms. The fraction of sp³-hybridized carbons (Fsp3) is 0.263. The third-order valence-electron chi connectivity index (χ3n) is 4.27. The second kappa shape index (κ2) is 7.51. The zero-order valence-corrected chi connectivity index (χ0v) is 14.6. The number of hydrogen-bond acceptors (Lipinski definition) is 3. The monoisotopic (exact) mass is 359 g/mol. The number of rotatable bonds is 6. The summed E-state index contributed by atoms with van der Waals surface area (Å²) in [6, 6.07) is 7.53. The molecule has 5 nitrogen and oxygen atoms in total. The summed E-state index contributed by atoms with van der Waals surface area (Å²) in [5, 5.41) is 2.83. The molecule has 0 radical (unpaired) electrons. The van der Waals surface area contributed by atoms with E-state index in [1.165, 1.54) is 12.3 Å². The second-order valence-corrected chi connectivity index (χ2v) is 6.02. The SMILES string of the molecule is Cc1ccc(CNC(=O)CCc2ncc(-c3c(F)cccc3F)o2)n1C. The number of hydrogen-bond donors (Lipinski definition) is 1. The van der Waals surface area contributed by atoms with Crippen molar-refractivity contribution >= 4 is 5.91 Å². The van der Waals surface area contributed by atoms with Gasteiger partial charge in [-0.3, -0.25) is 4.79 Å². The van der Waals surface area contributed by atoms with Crippen LogP contribution in [-0.4, -0.2) is 15.5 Å². The topological polar surface area (TPSA) is 60.1 Å². The molecule has 0 saturated heterocycles. The highest BCUT2D eigenvalue weighted by Gasteiger charge is 2.16. The van der Waals surface area contributed by atoms with Gasteiger partial charge in [0.2, 0.25) is 5.91 Å². The maximum absolute atomic E-state index is 13.8. The minimum atomic E-state index is -0.719. The third kappa shape index (κ3) is 3.82. The Morgan fingerprint density at radius 2 is 1.96 bits per heavy atom. The van der Waals surface area contributed by atoms with Gasteiger partial charge in [0.25, 0.3) is 0 Å². The Morgan fingerprint density at radius 1 is 1.23 bits per heavy atom. The average Bonchev–Trinajstić information content (AvgIpc) is 3.19. The molecule has 0 bridgehead atoms. The molecule has 1 aromatic carbocycles. The summed E-state index contributed by atoms with van der Waals surface area (Å²) in [5.41, 5.74) is 1.86. The summed E-state index contributed by atoms with van der Waals surface area (Å²) in [6.45, 7) is 2.42. The van der Waals surface area contributed by atoms with E-state index < -0.39 is 11.6 Å². The van der Waals surface area contributed by atoms with E-state index in [1.54, 1.807) is 0 Å². The summed E-state index contributed by atoms with van der Waals surface area (Å²) in [4.78, 5) is 16.0. The molecule has 1 N–H and O–H groups in total. The van der Waals surface area contributed by atoms with E-state index in [0.29, 0.717) is 6.54 Å². The van der Waals surface area contributed by atoms with Gasteiger partial charge >= 0.3 is 0 Å². The molecular formula is C19H19F2N3O2. The predicted molar refractivity (Wildman–Crippen MR) is 92.2 cm³/mol. The van der Waals surface area contributed by atoms with E-state index in [1.807, 2.05) is 30.7 Å². The highest BCUT2D eigenvalue weighted by atomic mass is 19.1. The second-order valence-electron chi connectivity index (χ2n) is 6.02. The van der Waals surface area contributed by atoms with Gasteiger partial charge in [-0.15, -0.1) is 0 Å². The van der Waals surface area contributed by atoms with Gasteiger partial charge in [0.05, 0.1) is 18.3 Å². The van der Waals surface area contributed by atoms with Crippen LogP contribution in [0.3, 0.4) is 0 Å². The zero-order chi connectivity index (χ0) is 18.7. The number of halogens is 2. The number of benzene rings is 1. The minimum Gasteiger partial charge on any atom is -0.441 e. The Labute approximate surface area is 149 Å². The molecule has 3 rings (SSSR count). The van der Waals surface area contributed by atoms with Gasteiger partial charge in [-0.2, -0.15) is 0 Å². The summed E-state index contributed by atoms with van der Waals surface area (Å²) in [5.74, 6) is -1.32. The number of amides is 1. The van der Waals surface area contributed by atoms with E-state index in [9.17, 15) is 13.6 Å². The van der Waals surface area contributed by atoms with Crippen molar-refractivity contribution in [1.82, 2.24) is 14.9 Å². The zero-order valence-electron chi connectivity index (χ0n) is 14.6. The number of carbonyl (C=O) groups is 1. The smallest absolute Gasteiger partial charge is 0.220 e. The van der Waals surface area contributed by atoms with Crippen LogP contribution in [0.2, 0.25) is 0 Å². The van der Waals surface area contributed by atoms with Crippen LogP contribution in [0.5, 0.6) is 0 Å². The van der Waals surface area contributed by atoms with Crippen molar-refractivity contribution in [2.45, 2.75) is 26.3 Å². The lowest BCUT2D eigenvalue weighted by Crippen LogP contribution is -2.24. The molecule has 0 saturated carbocycles. The molecule has 1 amide bonds. The van der Waals surface area contributed by atoms with Crippen molar-refractivity contribution in [3.63, 3.8) is 0 Å². The largest absolute Gasteiger partial charge is 0.441 e. The molecule has 0 atom stereocenters. The van der Waals surface area contributed by atoms with Crippen LogP contribution in [-0.2, 0) is 24.8 Å². The standard InChI is InChI=1S/C19H19F2N3O2/c1-12-6-7-13(24(12)2)10-22-17(25)8-9-18-23-11-16(26-18)19-14(20)4-3-5-15(19)21/h3-7,11H,8-10H2,1-2H3,(H,22,25). The lowest BCUT2D eigenvalue weighted by Gasteiger charge is -2.07. The quantitative estimate of drug-likeness (QED) is 0.733. The maximum atomic E-state index is 13.8.